The van der Waals surface area contributed by atoms with Gasteiger partial charge in [0, 0.05) is 30.9 Å². The lowest BCUT2D eigenvalue weighted by Crippen LogP contribution is -2.43. The third kappa shape index (κ3) is 3.55. The lowest BCUT2D eigenvalue weighted by molar-refractivity contribution is -0.000913. The summed E-state index contributed by atoms with van der Waals surface area (Å²) in [6, 6.07) is 12.7. The van der Waals surface area contributed by atoms with Gasteiger partial charge < -0.3 is 4.74 Å². The van der Waals surface area contributed by atoms with Crippen LogP contribution in [-0.4, -0.2) is 42.6 Å². The summed E-state index contributed by atoms with van der Waals surface area (Å²) in [6.07, 6.45) is -0.273. The quantitative estimate of drug-likeness (QED) is 0.801. The number of nitrogens with zero attached hydrogens (tertiary/aromatic N) is 2. The largest absolute Gasteiger partial charge is 0.361 e. The Morgan fingerprint density at radius 1 is 1.44 bits per heavy atom. The van der Waals surface area contributed by atoms with Gasteiger partial charge in [-0.1, -0.05) is 46.3 Å². The molecule has 2 unspecified atom stereocenters. The number of alkyl halides is 1. The second kappa shape index (κ2) is 6.89. The molecule has 1 saturated heterocycles. The third-order valence-corrected chi connectivity index (χ3v) is 4.01. The van der Waals surface area contributed by atoms with E-state index in [0.29, 0.717) is 19.1 Å². The Morgan fingerprint density at radius 3 is 2.89 bits per heavy atom. The number of nitriles is 1. The van der Waals surface area contributed by atoms with Crippen molar-refractivity contribution in [1.29, 1.82) is 5.26 Å². The Balaban J connectivity index is 1.96. The average Bonchev–Trinajstić information content (AvgIpc) is 2.46. The van der Waals surface area contributed by atoms with Gasteiger partial charge in [-0.15, -0.1) is 0 Å². The standard InChI is InChI=1S/C14H17BrN2O/c15-8-13(12-4-2-1-3-5-12)10-17-6-7-18-14(9-16)11-17/h1-5,13-14H,6-8,10-11H2. The lowest BCUT2D eigenvalue weighted by atomic mass is 10.0. The van der Waals surface area contributed by atoms with Crippen LogP contribution in [0.5, 0.6) is 0 Å². The number of hydrogen-bond acceptors (Lipinski definition) is 3. The molecular formula is C14H17BrN2O. The normalized spacial score (nSPS) is 22.3. The van der Waals surface area contributed by atoms with Crippen LogP contribution in [0.2, 0.25) is 0 Å². The first-order chi connectivity index (χ1) is 8.83. The van der Waals surface area contributed by atoms with Crippen LogP contribution in [0.15, 0.2) is 30.3 Å². The van der Waals surface area contributed by atoms with Crippen LogP contribution < -0.4 is 0 Å². The van der Waals surface area contributed by atoms with Crippen LogP contribution in [0.25, 0.3) is 0 Å². The summed E-state index contributed by atoms with van der Waals surface area (Å²) in [5.41, 5.74) is 1.34. The van der Waals surface area contributed by atoms with Gasteiger partial charge in [-0.25, -0.2) is 0 Å². The number of benzene rings is 1. The van der Waals surface area contributed by atoms with Crippen LogP contribution in [0.3, 0.4) is 0 Å². The summed E-state index contributed by atoms with van der Waals surface area (Å²) < 4.78 is 5.36. The molecule has 3 nitrogen and oxygen atoms in total. The van der Waals surface area contributed by atoms with Crippen molar-refractivity contribution < 1.29 is 4.74 Å². The van der Waals surface area contributed by atoms with Gasteiger partial charge in [-0.05, 0) is 5.56 Å². The van der Waals surface area contributed by atoms with Gasteiger partial charge in [0.05, 0.1) is 12.7 Å². The highest BCUT2D eigenvalue weighted by molar-refractivity contribution is 9.09. The number of rotatable bonds is 4. The summed E-state index contributed by atoms with van der Waals surface area (Å²) in [6.45, 7) is 3.25. The van der Waals surface area contributed by atoms with Crippen molar-refractivity contribution in [3.8, 4) is 6.07 Å². The molecular weight excluding hydrogens is 292 g/mol. The van der Waals surface area contributed by atoms with E-state index in [1.54, 1.807) is 0 Å². The van der Waals surface area contributed by atoms with E-state index in [4.69, 9.17) is 10.00 Å². The van der Waals surface area contributed by atoms with E-state index in [2.05, 4.69) is 51.2 Å². The highest BCUT2D eigenvalue weighted by atomic mass is 79.9. The molecule has 0 aromatic heterocycles. The molecule has 4 heteroatoms. The summed E-state index contributed by atoms with van der Waals surface area (Å²) in [7, 11) is 0. The molecule has 1 aliphatic rings. The van der Waals surface area contributed by atoms with Crippen molar-refractivity contribution in [3.05, 3.63) is 35.9 Å². The molecule has 0 amide bonds. The minimum atomic E-state index is -0.273. The lowest BCUT2D eigenvalue weighted by Gasteiger charge is -2.32. The van der Waals surface area contributed by atoms with Crippen molar-refractivity contribution >= 4 is 15.9 Å². The van der Waals surface area contributed by atoms with E-state index in [-0.39, 0.29) is 6.10 Å². The molecule has 1 aromatic carbocycles. The van der Waals surface area contributed by atoms with E-state index in [9.17, 15) is 0 Å². The van der Waals surface area contributed by atoms with Crippen LogP contribution in [-0.2, 0) is 4.74 Å². The van der Waals surface area contributed by atoms with E-state index in [1.165, 1.54) is 5.56 Å². The Bertz CT molecular complexity index is 404. The van der Waals surface area contributed by atoms with Gasteiger partial charge >= 0.3 is 0 Å². The highest BCUT2D eigenvalue weighted by Gasteiger charge is 2.22. The number of ether oxygens (including phenoxy) is 1. The zero-order chi connectivity index (χ0) is 12.8. The molecule has 0 radical (unpaired) electrons. The Hall–Kier alpha value is -0.890. The molecule has 18 heavy (non-hydrogen) atoms. The van der Waals surface area contributed by atoms with E-state index in [1.807, 2.05) is 6.07 Å². The van der Waals surface area contributed by atoms with Crippen molar-refractivity contribution in [2.45, 2.75) is 12.0 Å². The Kier molecular flexibility index (Phi) is 5.18. The summed E-state index contributed by atoms with van der Waals surface area (Å²) in [5, 5.41) is 9.84. The van der Waals surface area contributed by atoms with E-state index in [0.717, 1.165) is 18.4 Å². The number of morpholine rings is 1. The maximum Gasteiger partial charge on any atom is 0.156 e. The molecule has 1 heterocycles. The Labute approximate surface area is 116 Å². The van der Waals surface area contributed by atoms with Gasteiger partial charge in [0.25, 0.3) is 0 Å². The summed E-state index contributed by atoms with van der Waals surface area (Å²) in [4.78, 5) is 2.32. The molecule has 1 aliphatic heterocycles. The smallest absolute Gasteiger partial charge is 0.156 e. The van der Waals surface area contributed by atoms with Crippen LogP contribution in [0.1, 0.15) is 11.5 Å². The molecule has 1 fully saturated rings. The number of halogens is 1. The molecule has 0 N–H and O–H groups in total. The minimum Gasteiger partial charge on any atom is -0.361 e. The fourth-order valence-electron chi connectivity index (χ4n) is 2.23. The molecule has 2 atom stereocenters. The highest BCUT2D eigenvalue weighted by Crippen LogP contribution is 2.20. The van der Waals surface area contributed by atoms with Crippen LogP contribution in [0, 0.1) is 11.3 Å². The third-order valence-electron chi connectivity index (χ3n) is 3.23. The van der Waals surface area contributed by atoms with Crippen molar-refractivity contribution in [1.82, 2.24) is 4.90 Å². The maximum absolute atomic E-state index is 8.91. The molecule has 0 bridgehead atoms. The molecule has 0 saturated carbocycles. The summed E-state index contributed by atoms with van der Waals surface area (Å²) in [5.74, 6) is 0.462. The first-order valence-corrected chi connectivity index (χ1v) is 7.30. The van der Waals surface area contributed by atoms with Crippen LogP contribution >= 0.6 is 15.9 Å². The van der Waals surface area contributed by atoms with Gasteiger partial charge in [-0.3, -0.25) is 4.90 Å². The fourth-order valence-corrected chi connectivity index (χ4v) is 2.81. The summed E-state index contributed by atoms with van der Waals surface area (Å²) >= 11 is 3.59. The van der Waals surface area contributed by atoms with E-state index < -0.39 is 0 Å². The number of hydrogen-bond donors (Lipinski definition) is 0. The minimum absolute atomic E-state index is 0.273. The van der Waals surface area contributed by atoms with Gasteiger partial charge in [0.1, 0.15) is 0 Å². The first kappa shape index (κ1) is 13.5. The van der Waals surface area contributed by atoms with Crippen LogP contribution in [0.4, 0.5) is 0 Å². The predicted molar refractivity (Wildman–Crippen MR) is 74.8 cm³/mol. The van der Waals surface area contributed by atoms with E-state index >= 15 is 0 Å². The zero-order valence-corrected chi connectivity index (χ0v) is 11.8. The monoisotopic (exact) mass is 308 g/mol. The average molecular weight is 309 g/mol. The van der Waals surface area contributed by atoms with Crippen molar-refractivity contribution in [2.24, 2.45) is 0 Å². The topological polar surface area (TPSA) is 36.3 Å². The second-order valence-electron chi connectivity index (χ2n) is 4.51. The first-order valence-electron chi connectivity index (χ1n) is 6.18. The maximum atomic E-state index is 8.91. The van der Waals surface area contributed by atoms with Crippen molar-refractivity contribution in [2.75, 3.05) is 31.6 Å². The fraction of sp³-hybridized carbons (Fsp3) is 0.500. The van der Waals surface area contributed by atoms with Gasteiger partial charge in [0.15, 0.2) is 6.10 Å². The molecule has 96 valence electrons. The molecule has 2 rings (SSSR count). The van der Waals surface area contributed by atoms with Gasteiger partial charge in [-0.2, -0.15) is 5.26 Å². The molecule has 1 aromatic rings. The Morgan fingerprint density at radius 2 is 2.22 bits per heavy atom. The predicted octanol–water partition coefficient (Wildman–Crippen LogP) is 2.39. The molecule has 0 aliphatic carbocycles. The second-order valence-corrected chi connectivity index (χ2v) is 5.16. The SMILES string of the molecule is N#CC1CN(CC(CBr)c2ccccc2)CCO1. The zero-order valence-electron chi connectivity index (χ0n) is 10.3. The van der Waals surface area contributed by atoms with Crippen molar-refractivity contribution in [3.63, 3.8) is 0 Å². The van der Waals surface area contributed by atoms with Gasteiger partial charge in [0.2, 0.25) is 0 Å². The molecule has 0 spiro atoms.